The molecule has 1 aromatic carbocycles. The molecule has 1 aromatic rings. The number of nitrogens with zero attached hydrogens (tertiary/aromatic N) is 1. The van der Waals surface area contributed by atoms with E-state index in [0.717, 1.165) is 13.1 Å². The molecule has 0 amide bonds. The zero-order valence-corrected chi connectivity index (χ0v) is 14.4. The molecule has 0 aromatic heterocycles. The molecule has 2 nitrogen and oxygen atoms in total. The van der Waals surface area contributed by atoms with Crippen molar-refractivity contribution in [2.24, 2.45) is 0 Å². The van der Waals surface area contributed by atoms with E-state index in [9.17, 15) is 0 Å². The second-order valence-corrected chi connectivity index (χ2v) is 6.71. The summed E-state index contributed by atoms with van der Waals surface area (Å²) in [6.45, 7) is 9.03. The summed E-state index contributed by atoms with van der Waals surface area (Å²) in [5.41, 5.74) is 2.96. The van der Waals surface area contributed by atoms with Crippen molar-refractivity contribution in [1.82, 2.24) is 5.32 Å². The van der Waals surface area contributed by atoms with Crippen molar-refractivity contribution in [2.75, 3.05) is 18.0 Å². The van der Waals surface area contributed by atoms with Crippen LogP contribution in [-0.2, 0) is 24.8 Å². The molecule has 1 fully saturated rings. The number of hydrogen-bond donors (Lipinski definition) is 1. The van der Waals surface area contributed by atoms with E-state index in [-0.39, 0.29) is 5.41 Å². The minimum absolute atomic E-state index is 0.236. The Bertz CT molecular complexity index is 399. The van der Waals surface area contributed by atoms with E-state index in [1.54, 1.807) is 0 Å². The maximum atomic E-state index is 3.44. The van der Waals surface area contributed by atoms with E-state index in [2.05, 4.69) is 59.8 Å². The first-order valence-corrected chi connectivity index (χ1v) is 8.26. The molecule has 0 radical (unpaired) electrons. The van der Waals surface area contributed by atoms with Crippen molar-refractivity contribution in [3.63, 3.8) is 0 Å². The molecule has 1 N–H and O–H groups in total. The fourth-order valence-electron chi connectivity index (χ4n) is 2.37. The van der Waals surface area contributed by atoms with Crippen LogP contribution in [0, 0.1) is 0 Å². The third-order valence-electron chi connectivity index (χ3n) is 3.57. The van der Waals surface area contributed by atoms with E-state index in [0.29, 0.717) is 6.04 Å². The van der Waals surface area contributed by atoms with Gasteiger partial charge in [0, 0.05) is 0 Å². The van der Waals surface area contributed by atoms with Crippen LogP contribution < -0.4 is 10.2 Å². The number of benzene rings is 1. The van der Waals surface area contributed by atoms with Gasteiger partial charge in [-0.2, -0.15) is 0 Å². The van der Waals surface area contributed by atoms with Crippen molar-refractivity contribution in [2.45, 2.75) is 38.6 Å². The topological polar surface area (TPSA) is 15.3 Å². The summed E-state index contributed by atoms with van der Waals surface area (Å²) in [5.74, 6) is 0. The Balaban J connectivity index is 2.19. The molecule has 0 spiro atoms. The SMILES string of the molecule is CC(C)(C)c1ccc(N([CH]=[W])C2CCNC2)cc1. The third kappa shape index (κ3) is 3.10. The number of rotatable bonds is 3. The summed E-state index contributed by atoms with van der Waals surface area (Å²) in [4.78, 5) is 2.43. The summed E-state index contributed by atoms with van der Waals surface area (Å²) < 4.78 is 2.28. The Morgan fingerprint density at radius 1 is 1.28 bits per heavy atom. The molecular formula is C15H22N2W. The predicted octanol–water partition coefficient (Wildman–Crippen LogP) is 2.46. The molecule has 98 valence electrons. The minimum atomic E-state index is 0.236. The molecule has 1 atom stereocenters. The maximum absolute atomic E-state index is 3.44. The summed E-state index contributed by atoms with van der Waals surface area (Å²) >= 11 is 1.51. The molecule has 18 heavy (non-hydrogen) atoms. The second kappa shape index (κ2) is 5.67. The van der Waals surface area contributed by atoms with Crippen LogP contribution in [0.15, 0.2) is 24.3 Å². The van der Waals surface area contributed by atoms with E-state index in [1.165, 1.54) is 37.0 Å². The molecule has 0 saturated carbocycles. The fourth-order valence-corrected chi connectivity index (χ4v) is 3.42. The van der Waals surface area contributed by atoms with Crippen LogP contribution in [-0.4, -0.2) is 23.7 Å². The van der Waals surface area contributed by atoms with Crippen molar-refractivity contribution < 1.29 is 19.4 Å². The Morgan fingerprint density at radius 3 is 2.39 bits per heavy atom. The second-order valence-electron chi connectivity index (χ2n) is 5.96. The number of hydrogen-bond acceptors (Lipinski definition) is 2. The zero-order valence-electron chi connectivity index (χ0n) is 11.4. The van der Waals surface area contributed by atoms with Gasteiger partial charge >= 0.3 is 121 Å². The van der Waals surface area contributed by atoms with Gasteiger partial charge in [0.05, 0.1) is 0 Å². The van der Waals surface area contributed by atoms with Crippen molar-refractivity contribution >= 4 is 10.2 Å². The molecule has 2 rings (SSSR count). The molecular weight excluding hydrogens is 392 g/mol. The molecule has 1 unspecified atom stereocenters. The summed E-state index contributed by atoms with van der Waals surface area (Å²) in [7, 11) is 0. The van der Waals surface area contributed by atoms with Gasteiger partial charge in [0.1, 0.15) is 0 Å². The van der Waals surface area contributed by atoms with E-state index >= 15 is 0 Å². The van der Waals surface area contributed by atoms with Crippen molar-refractivity contribution in [1.29, 1.82) is 0 Å². The molecule has 3 heteroatoms. The van der Waals surface area contributed by atoms with E-state index < -0.39 is 0 Å². The Kier molecular flexibility index (Phi) is 4.40. The van der Waals surface area contributed by atoms with E-state index in [4.69, 9.17) is 0 Å². The zero-order chi connectivity index (χ0) is 13.2. The van der Waals surface area contributed by atoms with Crippen LogP contribution >= 0.6 is 0 Å². The first-order valence-electron chi connectivity index (χ1n) is 6.57. The molecule has 1 aliphatic heterocycles. The molecule has 0 bridgehead atoms. The summed E-state index contributed by atoms with van der Waals surface area (Å²) in [5, 5.41) is 3.44. The van der Waals surface area contributed by atoms with Gasteiger partial charge in [-0.25, -0.2) is 0 Å². The molecule has 0 aliphatic carbocycles. The van der Waals surface area contributed by atoms with Crippen LogP contribution in [0.4, 0.5) is 5.69 Å². The van der Waals surface area contributed by atoms with Gasteiger partial charge in [-0.05, 0) is 0 Å². The Hall–Kier alpha value is -0.462. The van der Waals surface area contributed by atoms with Crippen LogP contribution in [0.2, 0.25) is 0 Å². The monoisotopic (exact) mass is 414 g/mol. The number of nitrogens with one attached hydrogen (secondary N) is 1. The van der Waals surface area contributed by atoms with Gasteiger partial charge in [0.2, 0.25) is 0 Å². The first kappa shape index (κ1) is 14.0. The average Bonchev–Trinajstić information content (AvgIpc) is 2.83. The van der Waals surface area contributed by atoms with Gasteiger partial charge < -0.3 is 0 Å². The predicted molar refractivity (Wildman–Crippen MR) is 75.0 cm³/mol. The van der Waals surface area contributed by atoms with Crippen molar-refractivity contribution in [3.8, 4) is 0 Å². The Morgan fingerprint density at radius 2 is 1.94 bits per heavy atom. The first-order chi connectivity index (χ1) is 8.52. The van der Waals surface area contributed by atoms with Gasteiger partial charge in [0.25, 0.3) is 0 Å². The fraction of sp³-hybridized carbons (Fsp3) is 0.533. The Labute approximate surface area is 121 Å². The molecule has 1 aliphatic rings. The van der Waals surface area contributed by atoms with Gasteiger partial charge in [0.15, 0.2) is 0 Å². The van der Waals surface area contributed by atoms with Crippen LogP contribution in [0.1, 0.15) is 32.8 Å². The molecule has 1 heterocycles. The van der Waals surface area contributed by atoms with Crippen LogP contribution in [0.5, 0.6) is 0 Å². The quantitative estimate of drug-likeness (QED) is 0.818. The number of anilines is 1. The summed E-state index contributed by atoms with van der Waals surface area (Å²) in [6.07, 6.45) is 1.24. The van der Waals surface area contributed by atoms with Crippen LogP contribution in [0.3, 0.4) is 0 Å². The van der Waals surface area contributed by atoms with Gasteiger partial charge in [-0.3, -0.25) is 0 Å². The normalized spacial score (nSPS) is 19.8. The van der Waals surface area contributed by atoms with Gasteiger partial charge in [-0.15, -0.1) is 0 Å². The van der Waals surface area contributed by atoms with Crippen molar-refractivity contribution in [3.05, 3.63) is 29.8 Å². The standard InChI is InChI=1S/C15H22N2.W/c1-15(2,3)12-5-7-13(8-6-12)17(4)14-9-10-16-11-14;/h4-8,14,16H,9-11H2,1-3H3;. The summed E-state index contributed by atoms with van der Waals surface area (Å²) in [6, 6.07) is 9.69. The van der Waals surface area contributed by atoms with Crippen LogP contribution in [0.25, 0.3) is 0 Å². The van der Waals surface area contributed by atoms with E-state index in [1.807, 2.05) is 0 Å². The molecule has 1 saturated heterocycles. The average molecular weight is 414 g/mol. The third-order valence-corrected chi connectivity index (χ3v) is 4.39. The van der Waals surface area contributed by atoms with Gasteiger partial charge in [-0.1, -0.05) is 0 Å².